The Morgan fingerprint density at radius 1 is 0.708 bits per heavy atom. The van der Waals surface area contributed by atoms with Gasteiger partial charge in [-0.05, 0) is 40.8 Å². The Morgan fingerprint density at radius 3 is 2.12 bits per heavy atom. The molecule has 118 valence electrons. The number of benzene rings is 3. The van der Waals surface area contributed by atoms with E-state index < -0.39 is 0 Å². The lowest BCUT2D eigenvalue weighted by molar-refractivity contribution is 0.414. The van der Waals surface area contributed by atoms with Gasteiger partial charge in [0.1, 0.15) is 5.75 Å². The second-order valence-corrected chi connectivity index (χ2v) is 5.87. The van der Waals surface area contributed by atoms with Gasteiger partial charge in [-0.25, -0.2) is 0 Å². The summed E-state index contributed by atoms with van der Waals surface area (Å²) in [5.41, 5.74) is 3.74. The average molecular weight is 313 g/mol. The largest absolute Gasteiger partial charge is 0.497 e. The lowest BCUT2D eigenvalue weighted by atomic mass is 9.98. The fraction of sp³-hybridized carbons (Fsp3) is 0.0909. The van der Waals surface area contributed by atoms with Crippen LogP contribution in [0.15, 0.2) is 91.1 Å². The number of methoxy groups -OCH3 is 1. The van der Waals surface area contributed by atoms with Crippen molar-refractivity contribution in [3.63, 3.8) is 0 Å². The molecule has 24 heavy (non-hydrogen) atoms. The minimum Gasteiger partial charge on any atom is -0.497 e. The molecule has 1 unspecified atom stereocenters. The minimum absolute atomic E-state index is 0.136. The number of para-hydroxylation sites is 1. The molecule has 0 bridgehead atoms. The summed E-state index contributed by atoms with van der Waals surface area (Å²) < 4.78 is 7.65. The van der Waals surface area contributed by atoms with Gasteiger partial charge in [0.15, 0.2) is 0 Å². The number of nitrogens with zero attached hydrogens (tertiary/aromatic N) is 1. The maximum absolute atomic E-state index is 5.31. The molecule has 2 nitrogen and oxygen atoms in total. The van der Waals surface area contributed by atoms with Crippen LogP contribution in [-0.4, -0.2) is 11.7 Å². The van der Waals surface area contributed by atoms with Gasteiger partial charge in [0.25, 0.3) is 0 Å². The first kappa shape index (κ1) is 14.6. The van der Waals surface area contributed by atoms with Crippen LogP contribution in [0.2, 0.25) is 0 Å². The van der Waals surface area contributed by atoms with Crippen LogP contribution in [0.3, 0.4) is 0 Å². The summed E-state index contributed by atoms with van der Waals surface area (Å²) in [7, 11) is 1.70. The highest BCUT2D eigenvalue weighted by molar-refractivity contribution is 5.80. The summed E-state index contributed by atoms with van der Waals surface area (Å²) >= 11 is 0. The van der Waals surface area contributed by atoms with E-state index in [0.29, 0.717) is 0 Å². The Hall–Kier alpha value is -3.00. The van der Waals surface area contributed by atoms with Crippen LogP contribution in [0.5, 0.6) is 5.75 Å². The molecule has 2 heteroatoms. The summed E-state index contributed by atoms with van der Waals surface area (Å²) in [6, 6.07) is 29.8. The van der Waals surface area contributed by atoms with E-state index in [1.807, 2.05) is 12.1 Å². The first-order chi connectivity index (χ1) is 11.9. The van der Waals surface area contributed by atoms with E-state index in [9.17, 15) is 0 Å². The van der Waals surface area contributed by atoms with Gasteiger partial charge in [-0.3, -0.25) is 0 Å². The molecule has 1 atom stereocenters. The van der Waals surface area contributed by atoms with Crippen LogP contribution >= 0.6 is 0 Å². The average Bonchev–Trinajstić information content (AvgIpc) is 3.07. The quantitative estimate of drug-likeness (QED) is 0.499. The number of aromatic nitrogens is 1. The van der Waals surface area contributed by atoms with Crippen LogP contribution in [-0.2, 0) is 0 Å². The Kier molecular flexibility index (Phi) is 3.80. The Labute approximate surface area is 141 Å². The van der Waals surface area contributed by atoms with E-state index in [0.717, 1.165) is 5.75 Å². The topological polar surface area (TPSA) is 14.2 Å². The molecule has 0 saturated carbocycles. The summed E-state index contributed by atoms with van der Waals surface area (Å²) in [5.74, 6) is 0.878. The summed E-state index contributed by atoms with van der Waals surface area (Å²) in [6.07, 6.45) is 2.17. The van der Waals surface area contributed by atoms with Gasteiger partial charge in [-0.2, -0.15) is 0 Å². The third-order valence-electron chi connectivity index (χ3n) is 4.45. The van der Waals surface area contributed by atoms with Crippen molar-refractivity contribution < 1.29 is 4.74 Å². The van der Waals surface area contributed by atoms with Gasteiger partial charge < -0.3 is 9.30 Å². The van der Waals surface area contributed by atoms with E-state index >= 15 is 0 Å². The van der Waals surface area contributed by atoms with E-state index in [1.165, 1.54) is 22.0 Å². The molecule has 0 N–H and O–H groups in total. The number of rotatable bonds is 4. The molecule has 0 amide bonds. The van der Waals surface area contributed by atoms with Crippen molar-refractivity contribution in [3.05, 3.63) is 102 Å². The van der Waals surface area contributed by atoms with Crippen molar-refractivity contribution in [2.45, 2.75) is 6.04 Å². The van der Waals surface area contributed by atoms with Crippen molar-refractivity contribution in [3.8, 4) is 5.75 Å². The maximum atomic E-state index is 5.31. The molecule has 0 saturated heterocycles. The highest BCUT2D eigenvalue weighted by atomic mass is 16.5. The minimum atomic E-state index is 0.136. The van der Waals surface area contributed by atoms with E-state index in [2.05, 4.69) is 83.6 Å². The first-order valence-electron chi connectivity index (χ1n) is 8.11. The molecular weight excluding hydrogens is 294 g/mol. The van der Waals surface area contributed by atoms with Crippen LogP contribution in [0.4, 0.5) is 0 Å². The monoisotopic (exact) mass is 313 g/mol. The third kappa shape index (κ3) is 2.56. The maximum Gasteiger partial charge on any atom is 0.118 e. The third-order valence-corrected chi connectivity index (χ3v) is 4.45. The van der Waals surface area contributed by atoms with Crippen molar-refractivity contribution >= 4 is 10.9 Å². The number of hydrogen-bond acceptors (Lipinski definition) is 1. The van der Waals surface area contributed by atoms with Crippen LogP contribution in [0, 0.1) is 0 Å². The predicted molar refractivity (Wildman–Crippen MR) is 98.6 cm³/mol. The van der Waals surface area contributed by atoms with Crippen molar-refractivity contribution in [1.29, 1.82) is 0 Å². The summed E-state index contributed by atoms with van der Waals surface area (Å²) in [4.78, 5) is 0. The highest BCUT2D eigenvalue weighted by Crippen LogP contribution is 2.31. The number of hydrogen-bond donors (Lipinski definition) is 0. The SMILES string of the molecule is COc1ccc(C(c2ccccc2)n2ccc3ccccc32)cc1. The van der Waals surface area contributed by atoms with E-state index in [1.54, 1.807) is 7.11 Å². The first-order valence-corrected chi connectivity index (χ1v) is 8.11. The normalized spacial score (nSPS) is 12.2. The van der Waals surface area contributed by atoms with E-state index in [4.69, 9.17) is 4.74 Å². The molecule has 0 aliphatic carbocycles. The van der Waals surface area contributed by atoms with Crippen molar-refractivity contribution in [2.24, 2.45) is 0 Å². The fourth-order valence-electron chi connectivity index (χ4n) is 3.26. The molecular formula is C22H19NO. The zero-order valence-electron chi connectivity index (χ0n) is 13.6. The van der Waals surface area contributed by atoms with Crippen molar-refractivity contribution in [2.75, 3.05) is 7.11 Å². The van der Waals surface area contributed by atoms with Crippen LogP contribution < -0.4 is 4.74 Å². The Balaban J connectivity index is 1.90. The molecule has 0 radical (unpaired) electrons. The number of fused-ring (bicyclic) bond motifs is 1. The molecule has 0 aliphatic rings. The predicted octanol–water partition coefficient (Wildman–Crippen LogP) is 5.29. The zero-order valence-corrected chi connectivity index (χ0v) is 13.6. The molecule has 3 aromatic carbocycles. The second-order valence-electron chi connectivity index (χ2n) is 5.87. The lowest BCUT2D eigenvalue weighted by Gasteiger charge is -2.22. The van der Waals surface area contributed by atoms with Gasteiger partial charge in [-0.15, -0.1) is 0 Å². The zero-order chi connectivity index (χ0) is 16.4. The molecule has 1 heterocycles. The van der Waals surface area contributed by atoms with Gasteiger partial charge in [0, 0.05) is 11.7 Å². The fourth-order valence-corrected chi connectivity index (χ4v) is 3.26. The second kappa shape index (κ2) is 6.25. The molecule has 1 aromatic heterocycles. The van der Waals surface area contributed by atoms with Crippen LogP contribution in [0.25, 0.3) is 10.9 Å². The highest BCUT2D eigenvalue weighted by Gasteiger charge is 2.17. The summed E-state index contributed by atoms with van der Waals surface area (Å²) in [6.45, 7) is 0. The molecule has 4 rings (SSSR count). The van der Waals surface area contributed by atoms with Gasteiger partial charge in [0.05, 0.1) is 13.2 Å². The Morgan fingerprint density at radius 2 is 1.38 bits per heavy atom. The van der Waals surface area contributed by atoms with Gasteiger partial charge in [0.2, 0.25) is 0 Å². The number of ether oxygens (including phenoxy) is 1. The molecule has 0 spiro atoms. The van der Waals surface area contributed by atoms with Gasteiger partial charge >= 0.3 is 0 Å². The standard InChI is InChI=1S/C22H19NO/c1-24-20-13-11-19(12-14-20)22(18-8-3-2-4-9-18)23-16-15-17-7-5-6-10-21(17)23/h2-16,22H,1H3. The van der Waals surface area contributed by atoms with Crippen LogP contribution in [0.1, 0.15) is 17.2 Å². The molecule has 0 fully saturated rings. The van der Waals surface area contributed by atoms with Crippen molar-refractivity contribution in [1.82, 2.24) is 4.57 Å². The summed E-state index contributed by atoms with van der Waals surface area (Å²) in [5, 5.41) is 1.26. The van der Waals surface area contributed by atoms with E-state index in [-0.39, 0.29) is 6.04 Å². The molecule has 0 aliphatic heterocycles. The molecule has 4 aromatic rings. The lowest BCUT2D eigenvalue weighted by Crippen LogP contribution is -2.11. The Bertz CT molecular complexity index is 939. The van der Waals surface area contributed by atoms with Gasteiger partial charge in [-0.1, -0.05) is 60.7 Å². The smallest absolute Gasteiger partial charge is 0.118 e.